The number of benzene rings is 2. The molecule has 0 bridgehead atoms. The second kappa shape index (κ2) is 4.39. The van der Waals surface area contributed by atoms with Crippen molar-refractivity contribution in [3.63, 3.8) is 0 Å². The van der Waals surface area contributed by atoms with Gasteiger partial charge in [0.15, 0.2) is 0 Å². The van der Waals surface area contributed by atoms with Gasteiger partial charge in [0.2, 0.25) is 0 Å². The van der Waals surface area contributed by atoms with E-state index in [2.05, 4.69) is 56.0 Å². The number of hydrogen-bond donors (Lipinski definition) is 0. The van der Waals surface area contributed by atoms with Crippen LogP contribution in [0.2, 0.25) is 19.6 Å². The van der Waals surface area contributed by atoms with Gasteiger partial charge < -0.3 is 4.42 Å². The molecule has 0 aliphatic rings. The third-order valence-corrected chi connectivity index (χ3v) is 5.48. The second-order valence-electron chi connectivity index (χ2n) is 5.94. The van der Waals surface area contributed by atoms with Crippen LogP contribution in [0.3, 0.4) is 0 Å². The van der Waals surface area contributed by atoms with Crippen molar-refractivity contribution in [2.24, 2.45) is 0 Å². The first kappa shape index (κ1) is 12.2. The summed E-state index contributed by atoms with van der Waals surface area (Å²) in [5.74, 6) is 0.960. The Balaban J connectivity index is 2.22. The quantitative estimate of drug-likeness (QED) is 0.616. The van der Waals surface area contributed by atoms with Crippen LogP contribution in [0.25, 0.3) is 22.3 Å². The standard InChI is InChI=1S/C17H18OSi/c1-19(2,3)17-11-7-10-15-14(17)12-16(18-15)13-8-5-4-6-9-13/h4-12H,1-3H3. The second-order valence-corrected chi connectivity index (χ2v) is 11.0. The maximum absolute atomic E-state index is 6.01. The Morgan fingerprint density at radius 2 is 1.58 bits per heavy atom. The molecule has 2 aromatic carbocycles. The van der Waals surface area contributed by atoms with Gasteiger partial charge in [0.05, 0.1) is 8.07 Å². The average Bonchev–Trinajstić information content (AvgIpc) is 2.82. The van der Waals surface area contributed by atoms with E-state index in [1.54, 1.807) is 0 Å². The van der Waals surface area contributed by atoms with E-state index < -0.39 is 8.07 Å². The fraction of sp³-hybridized carbons (Fsp3) is 0.176. The smallest absolute Gasteiger partial charge is 0.135 e. The van der Waals surface area contributed by atoms with Gasteiger partial charge in [0.25, 0.3) is 0 Å². The molecule has 19 heavy (non-hydrogen) atoms. The van der Waals surface area contributed by atoms with Gasteiger partial charge >= 0.3 is 0 Å². The molecular formula is C17H18OSi. The zero-order chi connectivity index (χ0) is 13.5. The summed E-state index contributed by atoms with van der Waals surface area (Å²) in [7, 11) is -1.35. The summed E-state index contributed by atoms with van der Waals surface area (Å²) in [6.45, 7) is 7.12. The first-order chi connectivity index (χ1) is 9.05. The summed E-state index contributed by atoms with van der Waals surface area (Å²) in [4.78, 5) is 0. The zero-order valence-electron chi connectivity index (χ0n) is 11.6. The molecule has 0 saturated carbocycles. The maximum atomic E-state index is 6.01. The highest BCUT2D eigenvalue weighted by molar-refractivity contribution is 6.90. The monoisotopic (exact) mass is 266 g/mol. The van der Waals surface area contributed by atoms with Crippen LogP contribution in [0.15, 0.2) is 59.0 Å². The van der Waals surface area contributed by atoms with E-state index >= 15 is 0 Å². The van der Waals surface area contributed by atoms with Gasteiger partial charge in [0.1, 0.15) is 11.3 Å². The summed E-state index contributed by atoms with van der Waals surface area (Å²) >= 11 is 0. The highest BCUT2D eigenvalue weighted by Gasteiger charge is 2.20. The van der Waals surface area contributed by atoms with Crippen molar-refractivity contribution in [3.05, 3.63) is 54.6 Å². The molecule has 0 N–H and O–H groups in total. The lowest BCUT2D eigenvalue weighted by atomic mass is 10.1. The van der Waals surface area contributed by atoms with Gasteiger partial charge in [-0.3, -0.25) is 0 Å². The van der Waals surface area contributed by atoms with Crippen LogP contribution in [0, 0.1) is 0 Å². The first-order valence-corrected chi connectivity index (χ1v) is 10.1. The lowest BCUT2D eigenvalue weighted by molar-refractivity contribution is 0.631. The Kier molecular flexibility index (Phi) is 2.83. The van der Waals surface area contributed by atoms with Gasteiger partial charge in [-0.1, -0.05) is 62.1 Å². The molecule has 2 heteroatoms. The van der Waals surface area contributed by atoms with Crippen molar-refractivity contribution in [3.8, 4) is 11.3 Å². The molecule has 3 aromatic rings. The number of hydrogen-bond acceptors (Lipinski definition) is 1. The minimum Gasteiger partial charge on any atom is -0.456 e. The third kappa shape index (κ3) is 2.24. The van der Waals surface area contributed by atoms with Crippen molar-refractivity contribution in [2.45, 2.75) is 19.6 Å². The molecular weight excluding hydrogens is 248 g/mol. The molecule has 3 rings (SSSR count). The first-order valence-electron chi connectivity index (χ1n) is 6.64. The van der Waals surface area contributed by atoms with Crippen LogP contribution in [0.1, 0.15) is 0 Å². The van der Waals surface area contributed by atoms with E-state index in [0.717, 1.165) is 16.9 Å². The molecule has 0 spiro atoms. The SMILES string of the molecule is C[Si](C)(C)c1cccc2oc(-c3ccccc3)cc12. The van der Waals surface area contributed by atoms with Crippen LogP contribution in [-0.2, 0) is 0 Å². The predicted molar refractivity (Wildman–Crippen MR) is 84.6 cm³/mol. The molecule has 1 heterocycles. The van der Waals surface area contributed by atoms with Crippen molar-refractivity contribution in [1.29, 1.82) is 0 Å². The molecule has 0 aliphatic carbocycles. The zero-order valence-corrected chi connectivity index (χ0v) is 12.6. The molecule has 0 atom stereocenters. The van der Waals surface area contributed by atoms with E-state index in [1.807, 2.05) is 18.2 Å². The van der Waals surface area contributed by atoms with Gasteiger partial charge in [-0.05, 0) is 17.3 Å². The predicted octanol–water partition coefficient (Wildman–Crippen LogP) is 4.65. The van der Waals surface area contributed by atoms with E-state index in [0.29, 0.717) is 0 Å². The Morgan fingerprint density at radius 3 is 2.26 bits per heavy atom. The number of furan rings is 1. The van der Waals surface area contributed by atoms with Crippen LogP contribution < -0.4 is 5.19 Å². The summed E-state index contributed by atoms with van der Waals surface area (Å²) in [5, 5.41) is 2.75. The van der Waals surface area contributed by atoms with Gasteiger partial charge in [0, 0.05) is 10.9 Å². The Hall–Kier alpha value is -1.80. The van der Waals surface area contributed by atoms with Gasteiger partial charge in [-0.15, -0.1) is 0 Å². The topological polar surface area (TPSA) is 13.1 Å². The van der Waals surface area contributed by atoms with Crippen molar-refractivity contribution in [2.75, 3.05) is 0 Å². The average molecular weight is 266 g/mol. The molecule has 0 fully saturated rings. The lowest BCUT2D eigenvalue weighted by Gasteiger charge is -2.16. The highest BCUT2D eigenvalue weighted by atomic mass is 28.3. The van der Waals surface area contributed by atoms with E-state index in [-0.39, 0.29) is 0 Å². The molecule has 0 radical (unpaired) electrons. The minimum atomic E-state index is -1.35. The number of fused-ring (bicyclic) bond motifs is 1. The Labute approximate surface area is 114 Å². The lowest BCUT2D eigenvalue weighted by Crippen LogP contribution is -2.37. The largest absolute Gasteiger partial charge is 0.456 e. The third-order valence-electron chi connectivity index (χ3n) is 3.43. The molecule has 0 unspecified atom stereocenters. The summed E-state index contributed by atoms with van der Waals surface area (Å²) in [5.41, 5.74) is 2.14. The van der Waals surface area contributed by atoms with E-state index in [1.165, 1.54) is 10.6 Å². The van der Waals surface area contributed by atoms with Crippen molar-refractivity contribution in [1.82, 2.24) is 0 Å². The highest BCUT2D eigenvalue weighted by Crippen LogP contribution is 2.27. The van der Waals surface area contributed by atoms with Gasteiger partial charge in [-0.2, -0.15) is 0 Å². The minimum absolute atomic E-state index is 0.960. The molecule has 1 nitrogen and oxygen atoms in total. The van der Waals surface area contributed by atoms with Crippen LogP contribution >= 0.6 is 0 Å². The van der Waals surface area contributed by atoms with Crippen LogP contribution in [-0.4, -0.2) is 8.07 Å². The summed E-state index contributed by atoms with van der Waals surface area (Å²) < 4.78 is 6.01. The summed E-state index contributed by atoms with van der Waals surface area (Å²) in [6.07, 6.45) is 0. The Bertz CT molecular complexity index is 705. The molecule has 1 aromatic heterocycles. The van der Waals surface area contributed by atoms with Crippen molar-refractivity contribution < 1.29 is 4.42 Å². The normalized spacial score (nSPS) is 11.9. The Morgan fingerprint density at radius 1 is 0.842 bits per heavy atom. The van der Waals surface area contributed by atoms with Crippen LogP contribution in [0.4, 0.5) is 0 Å². The molecule has 96 valence electrons. The van der Waals surface area contributed by atoms with E-state index in [4.69, 9.17) is 4.42 Å². The summed E-state index contributed by atoms with van der Waals surface area (Å²) in [6, 6.07) is 18.9. The molecule has 0 aliphatic heterocycles. The van der Waals surface area contributed by atoms with Crippen molar-refractivity contribution >= 4 is 24.2 Å². The fourth-order valence-electron chi connectivity index (χ4n) is 2.46. The number of rotatable bonds is 2. The van der Waals surface area contributed by atoms with Crippen LogP contribution in [0.5, 0.6) is 0 Å². The maximum Gasteiger partial charge on any atom is 0.135 e. The van der Waals surface area contributed by atoms with Gasteiger partial charge in [-0.25, -0.2) is 0 Å². The molecule has 0 saturated heterocycles. The fourth-order valence-corrected chi connectivity index (χ4v) is 4.06. The molecule has 0 amide bonds. The van der Waals surface area contributed by atoms with E-state index in [9.17, 15) is 0 Å².